The van der Waals surface area contributed by atoms with Gasteiger partial charge in [-0.25, -0.2) is 9.79 Å². The van der Waals surface area contributed by atoms with Gasteiger partial charge in [-0.15, -0.1) is 0 Å². The Kier molecular flexibility index (Phi) is 11.3. The minimum Gasteiger partial charge on any atom is -0.493 e. The van der Waals surface area contributed by atoms with Crippen LogP contribution < -0.4 is 29.1 Å². The summed E-state index contributed by atoms with van der Waals surface area (Å²) in [7, 11) is 1.56. The Hall–Kier alpha value is -2.69. The first-order valence-corrected chi connectivity index (χ1v) is 18.2. The fourth-order valence-electron chi connectivity index (χ4n) is 5.00. The predicted octanol–water partition coefficient (Wildman–Crippen LogP) is 7.14. The molecule has 4 aromatic rings. The molecule has 240 valence electrons. The first-order chi connectivity index (χ1) is 22.0. The van der Waals surface area contributed by atoms with E-state index in [1.54, 1.807) is 37.7 Å². The number of nitrogens with zero attached hydrogens (tertiary/aromatic N) is 2. The number of carbonyl (C=O) groups excluding carboxylic acids is 1. The lowest BCUT2D eigenvalue weighted by molar-refractivity contribution is -0.139. The van der Waals surface area contributed by atoms with Gasteiger partial charge in [0, 0.05) is 3.57 Å². The molecule has 2 heterocycles. The summed E-state index contributed by atoms with van der Waals surface area (Å²) in [6.07, 6.45) is 1.77. The number of fused-ring (bicyclic) bond motifs is 1. The second-order valence-corrected chi connectivity index (χ2v) is 14.9. The van der Waals surface area contributed by atoms with Crippen molar-refractivity contribution < 1.29 is 23.7 Å². The largest absolute Gasteiger partial charge is 0.493 e. The Labute approximate surface area is 306 Å². The third-order valence-electron chi connectivity index (χ3n) is 7.00. The third-order valence-corrected chi connectivity index (χ3v) is 10.1. The molecule has 0 bridgehead atoms. The highest BCUT2D eigenvalue weighted by Gasteiger charge is 2.34. The Morgan fingerprint density at radius 2 is 1.85 bits per heavy atom. The monoisotopic (exact) mass is 928 g/mol. The average molecular weight is 929 g/mol. The lowest BCUT2D eigenvalue weighted by Crippen LogP contribution is -2.40. The number of aromatic nitrogens is 1. The molecule has 5 rings (SSSR count). The van der Waals surface area contributed by atoms with Crippen LogP contribution in [0.5, 0.6) is 17.2 Å². The number of rotatable bonds is 10. The standard InChI is InChI=1S/C34H31BrI2N2O6S/c1-6-43-33(41)29-19(4)38-34-39(30(29)22-9-12-26(45-18(2)3)27(16-22)42-5)32(40)28(46-34)15-21-13-24(35)31(25(37)14-21)44-17-20-7-10-23(36)11-8-20/h7-16,18,30H,6,17H2,1-5H3/b28-15-/t30-/m0/s1. The van der Waals surface area contributed by atoms with Gasteiger partial charge in [0.15, 0.2) is 16.3 Å². The van der Waals surface area contributed by atoms with Crippen LogP contribution in [0.25, 0.3) is 6.08 Å². The smallest absolute Gasteiger partial charge is 0.338 e. The molecule has 1 aliphatic heterocycles. The average Bonchev–Trinajstić information content (AvgIpc) is 3.30. The fourth-order valence-corrected chi connectivity index (χ4v) is 8.18. The molecule has 46 heavy (non-hydrogen) atoms. The van der Waals surface area contributed by atoms with E-state index >= 15 is 0 Å². The summed E-state index contributed by atoms with van der Waals surface area (Å²) in [6.45, 7) is 7.99. The SMILES string of the molecule is CCOC(=O)C1=C(C)N=c2s/c(=C\c3cc(Br)c(OCc4ccc(I)cc4)c(I)c3)c(=O)n2[C@H]1c1ccc(OC(C)C)c(OC)c1. The van der Waals surface area contributed by atoms with Crippen molar-refractivity contribution in [2.24, 2.45) is 4.99 Å². The van der Waals surface area contributed by atoms with Crippen molar-refractivity contribution in [2.45, 2.75) is 46.4 Å². The molecule has 0 N–H and O–H groups in total. The van der Waals surface area contributed by atoms with Gasteiger partial charge < -0.3 is 18.9 Å². The van der Waals surface area contributed by atoms with Crippen LogP contribution in [0, 0.1) is 7.14 Å². The summed E-state index contributed by atoms with van der Waals surface area (Å²) in [5.41, 5.74) is 3.08. The van der Waals surface area contributed by atoms with E-state index in [1.807, 2.05) is 62.4 Å². The molecule has 0 fully saturated rings. The van der Waals surface area contributed by atoms with Crippen molar-refractivity contribution in [1.82, 2.24) is 4.57 Å². The van der Waals surface area contributed by atoms with Crippen LogP contribution in [0.2, 0.25) is 0 Å². The maximum absolute atomic E-state index is 14.1. The number of ether oxygens (including phenoxy) is 4. The van der Waals surface area contributed by atoms with Crippen LogP contribution in [0.15, 0.2) is 80.1 Å². The van der Waals surface area contributed by atoms with Crippen molar-refractivity contribution in [1.29, 1.82) is 0 Å². The molecule has 0 unspecified atom stereocenters. The Bertz CT molecular complexity index is 1980. The van der Waals surface area contributed by atoms with Crippen molar-refractivity contribution >= 4 is 84.5 Å². The van der Waals surface area contributed by atoms with Crippen LogP contribution >= 0.6 is 72.4 Å². The topological polar surface area (TPSA) is 88.4 Å². The van der Waals surface area contributed by atoms with E-state index < -0.39 is 12.0 Å². The van der Waals surface area contributed by atoms with E-state index in [2.05, 4.69) is 66.1 Å². The number of hydrogen-bond donors (Lipinski definition) is 0. The van der Waals surface area contributed by atoms with E-state index in [9.17, 15) is 9.59 Å². The van der Waals surface area contributed by atoms with Gasteiger partial charge in [-0.2, -0.15) is 0 Å². The van der Waals surface area contributed by atoms with Crippen molar-refractivity contribution in [3.05, 3.63) is 114 Å². The summed E-state index contributed by atoms with van der Waals surface area (Å²) in [6, 6.07) is 16.7. The number of carbonyl (C=O) groups is 1. The van der Waals surface area contributed by atoms with Gasteiger partial charge in [0.2, 0.25) is 0 Å². The molecular weight excluding hydrogens is 898 g/mol. The molecule has 1 atom stereocenters. The Morgan fingerprint density at radius 3 is 2.50 bits per heavy atom. The van der Waals surface area contributed by atoms with Crippen LogP contribution in [-0.2, 0) is 16.1 Å². The number of methoxy groups -OCH3 is 1. The van der Waals surface area contributed by atoms with E-state index in [4.69, 9.17) is 18.9 Å². The van der Waals surface area contributed by atoms with Crippen LogP contribution in [0.4, 0.5) is 0 Å². The molecule has 0 radical (unpaired) electrons. The Balaban J connectivity index is 1.57. The highest BCUT2D eigenvalue weighted by atomic mass is 127. The first-order valence-electron chi connectivity index (χ1n) is 14.4. The van der Waals surface area contributed by atoms with Crippen LogP contribution in [0.1, 0.15) is 50.4 Å². The number of hydrogen-bond acceptors (Lipinski definition) is 8. The van der Waals surface area contributed by atoms with E-state index in [-0.39, 0.29) is 18.3 Å². The molecular formula is C34H31BrI2N2O6S. The summed E-state index contributed by atoms with van der Waals surface area (Å²) in [5.74, 6) is 1.27. The maximum Gasteiger partial charge on any atom is 0.338 e. The van der Waals surface area contributed by atoms with Crippen molar-refractivity contribution in [2.75, 3.05) is 13.7 Å². The molecule has 12 heteroatoms. The number of benzene rings is 3. The molecule has 3 aromatic carbocycles. The van der Waals surface area contributed by atoms with Crippen molar-refractivity contribution in [3.63, 3.8) is 0 Å². The van der Waals surface area contributed by atoms with Gasteiger partial charge in [0.25, 0.3) is 5.56 Å². The predicted molar refractivity (Wildman–Crippen MR) is 200 cm³/mol. The van der Waals surface area contributed by atoms with Crippen LogP contribution in [0.3, 0.4) is 0 Å². The zero-order valence-electron chi connectivity index (χ0n) is 25.7. The lowest BCUT2D eigenvalue weighted by Gasteiger charge is -2.25. The lowest BCUT2D eigenvalue weighted by atomic mass is 9.95. The number of thiazole rings is 1. The minimum absolute atomic E-state index is 0.0636. The van der Waals surface area contributed by atoms with Gasteiger partial charge in [0.1, 0.15) is 12.4 Å². The quantitative estimate of drug-likeness (QED) is 0.124. The summed E-state index contributed by atoms with van der Waals surface area (Å²) < 4.78 is 28.0. The molecule has 0 saturated carbocycles. The molecule has 1 aliphatic rings. The molecule has 8 nitrogen and oxygen atoms in total. The first kappa shape index (κ1) is 34.6. The molecule has 0 amide bonds. The van der Waals surface area contributed by atoms with E-state index in [0.29, 0.717) is 44.3 Å². The summed E-state index contributed by atoms with van der Waals surface area (Å²) in [5, 5.41) is 0. The number of esters is 1. The molecule has 1 aromatic heterocycles. The highest BCUT2D eigenvalue weighted by Crippen LogP contribution is 2.37. The van der Waals surface area contributed by atoms with Crippen LogP contribution in [-0.4, -0.2) is 30.4 Å². The Morgan fingerprint density at radius 1 is 1.11 bits per heavy atom. The highest BCUT2D eigenvalue weighted by molar-refractivity contribution is 14.1. The second kappa shape index (κ2) is 15.0. The molecule has 0 spiro atoms. The minimum atomic E-state index is -0.775. The van der Waals surface area contributed by atoms with E-state index in [0.717, 1.165) is 24.9 Å². The van der Waals surface area contributed by atoms with Gasteiger partial charge in [0.05, 0.1) is 49.7 Å². The van der Waals surface area contributed by atoms with Gasteiger partial charge in [-0.1, -0.05) is 29.5 Å². The maximum atomic E-state index is 14.1. The fraction of sp³-hybridized carbons (Fsp3) is 0.265. The normalized spacial score (nSPS) is 14.6. The third kappa shape index (κ3) is 7.55. The summed E-state index contributed by atoms with van der Waals surface area (Å²) >= 11 is 9.45. The number of allylic oxidation sites excluding steroid dienone is 1. The second-order valence-electron chi connectivity index (χ2n) is 10.6. The van der Waals surface area contributed by atoms with Gasteiger partial charge in [-0.3, -0.25) is 9.36 Å². The van der Waals surface area contributed by atoms with Gasteiger partial charge in [-0.05, 0) is 148 Å². The summed E-state index contributed by atoms with van der Waals surface area (Å²) in [4.78, 5) is 32.6. The molecule has 0 saturated heterocycles. The van der Waals surface area contributed by atoms with E-state index in [1.165, 1.54) is 14.9 Å². The van der Waals surface area contributed by atoms with Gasteiger partial charge >= 0.3 is 5.97 Å². The molecule has 0 aliphatic carbocycles. The zero-order valence-corrected chi connectivity index (χ0v) is 32.4. The number of halogens is 3. The van der Waals surface area contributed by atoms with Crippen molar-refractivity contribution in [3.8, 4) is 17.2 Å². The zero-order chi connectivity index (χ0) is 33.1.